The van der Waals surface area contributed by atoms with Crippen molar-refractivity contribution in [2.45, 2.75) is 112 Å². The van der Waals surface area contributed by atoms with Crippen LogP contribution in [0.5, 0.6) is 0 Å². The van der Waals surface area contributed by atoms with Gasteiger partial charge in [-0.2, -0.15) is 0 Å². The third-order valence-corrected chi connectivity index (χ3v) is 12.7. The highest BCUT2D eigenvalue weighted by molar-refractivity contribution is 5.75. The highest BCUT2D eigenvalue weighted by atomic mass is 14.7. The fourth-order valence-corrected chi connectivity index (χ4v) is 10.8. The molecule has 7 aliphatic carbocycles. The molecule has 2 spiro atoms. The van der Waals surface area contributed by atoms with Gasteiger partial charge in [-0.1, -0.05) is 174 Å². The maximum absolute atomic E-state index is 4.53. The Hall–Kier alpha value is -4.16. The van der Waals surface area contributed by atoms with Crippen LogP contribution in [0.3, 0.4) is 0 Å². The second-order valence-corrected chi connectivity index (χ2v) is 15.8. The van der Waals surface area contributed by atoms with Crippen molar-refractivity contribution in [2.75, 3.05) is 0 Å². The van der Waals surface area contributed by atoms with Crippen LogP contribution >= 0.6 is 0 Å². The lowest BCUT2D eigenvalue weighted by atomic mass is 9.46. The molecular formula is C56H76. The van der Waals surface area contributed by atoms with Gasteiger partial charge in [-0.05, 0) is 111 Å². The van der Waals surface area contributed by atoms with E-state index < -0.39 is 0 Å². The number of benzene rings is 1. The summed E-state index contributed by atoms with van der Waals surface area (Å²) < 4.78 is 0. The molecule has 0 bridgehead atoms. The third-order valence-electron chi connectivity index (χ3n) is 12.7. The standard InChI is InChI=1S/C43H46.C3H8.2C3H6.C2H6.C2H4/c1-6-8-9-10-16-27(3)32-18-15-22-37-35(32)26-31(7-2)43(37)39-21-14-13-20-38(39)42(40-24-23-30-25-34(30)41(40)43)29(5)28(4)33-17-11-12-19-36(33)42;3*1-3-2;2*1-2/h6-7,10-11,13-18,20-24,26-27,30,33-37H,1-2,8-9,12,19,25H2,3-5H3;3H2,1-2H3;2*3H,1H2,2H3;1-2H3;1-2H2/b16-10-;;;;;/t27?,30?,33-,34?,35-,36?,37?,42?,43?;;;;;/m0...../s1. The van der Waals surface area contributed by atoms with E-state index in [0.717, 1.165) is 12.8 Å². The minimum atomic E-state index is -0.160. The van der Waals surface area contributed by atoms with Gasteiger partial charge in [0.15, 0.2) is 0 Å². The molecule has 0 aliphatic heterocycles. The monoisotopic (exact) mass is 749 g/mol. The van der Waals surface area contributed by atoms with Crippen LogP contribution in [0.15, 0.2) is 182 Å². The topological polar surface area (TPSA) is 0 Å². The van der Waals surface area contributed by atoms with Crippen molar-refractivity contribution in [3.63, 3.8) is 0 Å². The normalized spacial score (nSPS) is 30.5. The van der Waals surface area contributed by atoms with E-state index in [4.69, 9.17) is 0 Å². The summed E-state index contributed by atoms with van der Waals surface area (Å²) in [6.07, 6.45) is 39.8. The molecule has 0 radical (unpaired) electrons. The molecule has 0 aromatic heterocycles. The zero-order valence-electron chi connectivity index (χ0n) is 36.9. The van der Waals surface area contributed by atoms with E-state index in [1.165, 1.54) is 31.3 Å². The Morgan fingerprint density at radius 3 is 2.11 bits per heavy atom. The Labute approximate surface area is 345 Å². The first-order valence-electron chi connectivity index (χ1n) is 21.8. The molecule has 0 nitrogen and oxygen atoms in total. The second-order valence-electron chi connectivity index (χ2n) is 15.8. The van der Waals surface area contributed by atoms with Crippen LogP contribution in [0.2, 0.25) is 0 Å². The molecule has 0 heteroatoms. The third kappa shape index (κ3) is 7.88. The summed E-state index contributed by atoms with van der Waals surface area (Å²) in [6.45, 7) is 40.5. The molecule has 300 valence electrons. The minimum Gasteiger partial charge on any atom is -0.106 e. The van der Waals surface area contributed by atoms with Crippen LogP contribution in [-0.2, 0) is 10.8 Å². The van der Waals surface area contributed by atoms with Crippen molar-refractivity contribution >= 4 is 0 Å². The molecule has 0 amide bonds. The quantitative estimate of drug-likeness (QED) is 0.201. The summed E-state index contributed by atoms with van der Waals surface area (Å²) in [5.41, 5.74) is 12.6. The van der Waals surface area contributed by atoms with E-state index in [0.29, 0.717) is 41.4 Å². The van der Waals surface area contributed by atoms with Crippen LogP contribution in [0.25, 0.3) is 0 Å². The van der Waals surface area contributed by atoms with E-state index in [1.54, 1.807) is 51.1 Å². The van der Waals surface area contributed by atoms with Gasteiger partial charge in [-0.15, -0.1) is 32.9 Å². The Balaban J connectivity index is 0.000000579. The fourth-order valence-electron chi connectivity index (χ4n) is 10.8. The highest BCUT2D eigenvalue weighted by Crippen LogP contribution is 2.73. The van der Waals surface area contributed by atoms with Crippen LogP contribution in [0.1, 0.15) is 112 Å². The first kappa shape index (κ1) is 46.2. The average molecular weight is 749 g/mol. The maximum Gasteiger partial charge on any atom is 0.0491 e. The van der Waals surface area contributed by atoms with E-state index in [2.05, 4.69) is 165 Å². The molecule has 8 rings (SSSR count). The largest absolute Gasteiger partial charge is 0.106 e. The second kappa shape index (κ2) is 21.4. The first-order valence-corrected chi connectivity index (χ1v) is 21.8. The van der Waals surface area contributed by atoms with E-state index in [-0.39, 0.29) is 10.8 Å². The fraction of sp³-hybridized carbons (Fsp3) is 0.429. The zero-order chi connectivity index (χ0) is 41.6. The highest BCUT2D eigenvalue weighted by Gasteiger charge is 2.67. The van der Waals surface area contributed by atoms with Crippen LogP contribution in [0.4, 0.5) is 0 Å². The van der Waals surface area contributed by atoms with E-state index in [1.807, 2.05) is 33.8 Å². The molecule has 0 heterocycles. The summed E-state index contributed by atoms with van der Waals surface area (Å²) in [5, 5.41) is 0. The van der Waals surface area contributed by atoms with Gasteiger partial charge >= 0.3 is 0 Å². The van der Waals surface area contributed by atoms with Gasteiger partial charge in [0.25, 0.3) is 0 Å². The number of hydrogen-bond acceptors (Lipinski definition) is 0. The summed E-state index contributed by atoms with van der Waals surface area (Å²) in [7, 11) is 0. The van der Waals surface area contributed by atoms with Crippen molar-refractivity contribution in [3.8, 4) is 0 Å². The van der Waals surface area contributed by atoms with Crippen molar-refractivity contribution in [1.82, 2.24) is 0 Å². The van der Waals surface area contributed by atoms with Crippen molar-refractivity contribution in [2.24, 2.45) is 41.4 Å². The van der Waals surface area contributed by atoms with E-state index >= 15 is 0 Å². The summed E-state index contributed by atoms with van der Waals surface area (Å²) in [5.74, 6) is 3.60. The molecular weight excluding hydrogens is 673 g/mol. The Morgan fingerprint density at radius 1 is 0.875 bits per heavy atom. The molecule has 1 aromatic carbocycles. The lowest BCUT2D eigenvalue weighted by molar-refractivity contribution is 0.285. The van der Waals surface area contributed by atoms with Gasteiger partial charge in [0, 0.05) is 28.6 Å². The van der Waals surface area contributed by atoms with Crippen molar-refractivity contribution in [1.29, 1.82) is 0 Å². The van der Waals surface area contributed by atoms with Crippen molar-refractivity contribution in [3.05, 3.63) is 193 Å². The molecule has 7 aliphatic rings. The Kier molecular flexibility index (Phi) is 17.7. The molecule has 0 saturated heterocycles. The Morgan fingerprint density at radius 2 is 1.50 bits per heavy atom. The number of unbranched alkanes of at least 4 members (excludes halogenated alkanes) is 1. The molecule has 1 aromatic rings. The summed E-state index contributed by atoms with van der Waals surface area (Å²) in [6, 6.07) is 9.69. The SMILES string of the molecule is C=C.C=CC.C=CC.C=CCC/C=C\C(C)C1=CC=CC2[C@H]1C=C(C=C)C21C2=C(C=CC3CC23)C2(C(C)=C(C)[C@@H]3C=CCCC32)c2ccccc21.CC.CCC. The maximum atomic E-state index is 4.53. The van der Waals surface area contributed by atoms with E-state index in [9.17, 15) is 0 Å². The number of fused-ring (bicyclic) bond motifs is 11. The van der Waals surface area contributed by atoms with Crippen LogP contribution < -0.4 is 0 Å². The van der Waals surface area contributed by atoms with Gasteiger partial charge in [0.2, 0.25) is 0 Å². The predicted molar refractivity (Wildman–Crippen MR) is 252 cm³/mol. The van der Waals surface area contributed by atoms with Gasteiger partial charge < -0.3 is 0 Å². The van der Waals surface area contributed by atoms with Gasteiger partial charge in [0.05, 0.1) is 0 Å². The average Bonchev–Trinajstić information content (AvgIpc) is 3.90. The molecule has 9 atom stereocenters. The zero-order valence-corrected chi connectivity index (χ0v) is 36.9. The van der Waals surface area contributed by atoms with Crippen LogP contribution in [-0.4, -0.2) is 0 Å². The predicted octanol–water partition coefficient (Wildman–Crippen LogP) is 16.3. The number of rotatable bonds is 6. The molecule has 7 unspecified atom stereocenters. The van der Waals surface area contributed by atoms with Gasteiger partial charge in [0.1, 0.15) is 0 Å². The number of allylic oxidation sites excluding steroid dienone is 20. The molecule has 1 saturated carbocycles. The smallest absolute Gasteiger partial charge is 0.0491 e. The van der Waals surface area contributed by atoms with Gasteiger partial charge in [-0.3, -0.25) is 0 Å². The summed E-state index contributed by atoms with van der Waals surface area (Å²) in [4.78, 5) is 0. The molecule has 56 heavy (non-hydrogen) atoms. The Bertz CT molecular complexity index is 1780. The lowest BCUT2D eigenvalue weighted by Gasteiger charge is -2.55. The van der Waals surface area contributed by atoms with Gasteiger partial charge in [-0.25, -0.2) is 0 Å². The molecule has 0 N–H and O–H groups in total. The minimum absolute atomic E-state index is 0.0383. The molecule has 1 fully saturated rings. The summed E-state index contributed by atoms with van der Waals surface area (Å²) >= 11 is 0. The van der Waals surface area contributed by atoms with Crippen molar-refractivity contribution < 1.29 is 0 Å². The lowest BCUT2D eigenvalue weighted by Crippen LogP contribution is -2.51. The van der Waals surface area contributed by atoms with Crippen LogP contribution in [0, 0.1) is 41.4 Å². The first-order chi connectivity index (χ1) is 27.2. The number of hydrogen-bond donors (Lipinski definition) is 0.